The van der Waals surface area contributed by atoms with Gasteiger partial charge in [-0.3, -0.25) is 0 Å². The molecule has 0 spiro atoms. The van der Waals surface area contributed by atoms with Crippen molar-refractivity contribution in [1.82, 2.24) is 9.55 Å². The summed E-state index contributed by atoms with van der Waals surface area (Å²) in [5, 5.41) is 6.15. The van der Waals surface area contributed by atoms with Gasteiger partial charge in [0.15, 0.2) is 0 Å². The summed E-state index contributed by atoms with van der Waals surface area (Å²) in [6.45, 7) is 24.4. The summed E-state index contributed by atoms with van der Waals surface area (Å²) in [5.41, 5.74) is 7.87. The first kappa shape index (κ1) is 39.0. The predicted molar refractivity (Wildman–Crippen MR) is 200 cm³/mol. The zero-order valence-corrected chi connectivity index (χ0v) is 31.4. The van der Waals surface area contributed by atoms with Crippen molar-refractivity contribution in [3.05, 3.63) is 187 Å². The normalized spacial score (nSPS) is 10.1. The van der Waals surface area contributed by atoms with Gasteiger partial charge in [-0.15, -0.1) is 36.4 Å². The number of pyridine rings is 1. The molecule has 0 bridgehead atoms. The van der Waals surface area contributed by atoms with E-state index >= 15 is 0 Å². The molecule has 3 nitrogen and oxygen atoms in total. The van der Waals surface area contributed by atoms with Gasteiger partial charge in [-0.25, -0.2) is 0 Å². The molecule has 0 aliphatic carbocycles. The van der Waals surface area contributed by atoms with E-state index in [9.17, 15) is 0 Å². The zero-order chi connectivity index (χ0) is 33.5. The van der Waals surface area contributed by atoms with Crippen LogP contribution in [-0.4, -0.2) is 9.55 Å². The van der Waals surface area contributed by atoms with Gasteiger partial charge in [-0.1, -0.05) is 82.0 Å². The van der Waals surface area contributed by atoms with E-state index in [4.69, 9.17) is 10.3 Å². The predicted octanol–water partition coefficient (Wildman–Crippen LogP) is 12.8. The molecule has 0 amide bonds. The van der Waals surface area contributed by atoms with Crippen LogP contribution in [-0.2, 0) is 26.2 Å². The number of aromatic nitrogens is 2. The minimum atomic E-state index is 0. The van der Waals surface area contributed by atoms with Crippen molar-refractivity contribution < 1.29 is 26.2 Å². The molecule has 0 saturated carbocycles. The molecule has 4 heteroatoms. The molecule has 0 aliphatic heterocycles. The largest absolute Gasteiger partial charge is 3.00 e. The minimum absolute atomic E-state index is 0. The molecule has 6 aromatic rings. The molecule has 0 fully saturated rings. The number of benzene rings is 4. The number of para-hydroxylation sites is 1. The van der Waals surface area contributed by atoms with Gasteiger partial charge in [0, 0.05) is 17.9 Å². The van der Waals surface area contributed by atoms with Crippen molar-refractivity contribution in [2.75, 3.05) is 0 Å². The molecule has 0 unspecified atom stereocenters. The maximum absolute atomic E-state index is 4.99. The average Bonchev–Trinajstić information content (AvgIpc) is 3.47. The fourth-order valence-corrected chi connectivity index (χ4v) is 4.69. The third-order valence-corrected chi connectivity index (χ3v) is 7.20. The molecule has 1 radical (unpaired) electrons. The number of nitrogens with zero attached hydrogens (tertiary/aromatic N) is 3. The summed E-state index contributed by atoms with van der Waals surface area (Å²) >= 11 is 0. The summed E-state index contributed by atoms with van der Waals surface area (Å²) in [6, 6.07) is 42.8. The van der Waals surface area contributed by atoms with Gasteiger partial charge in [0.2, 0.25) is 0 Å². The van der Waals surface area contributed by atoms with Gasteiger partial charge in [-0.2, -0.15) is 73.9 Å². The molecular formula is C43H49N3Zr-. The van der Waals surface area contributed by atoms with Crippen molar-refractivity contribution in [2.45, 2.75) is 59.4 Å². The van der Waals surface area contributed by atoms with E-state index in [2.05, 4.69) is 103 Å². The Morgan fingerprint density at radius 2 is 0.957 bits per heavy atom. The number of hydrogen-bond donors (Lipinski definition) is 0. The summed E-state index contributed by atoms with van der Waals surface area (Å²) < 4.78 is 2.20. The van der Waals surface area contributed by atoms with Crippen LogP contribution < -0.4 is 0 Å². The second-order valence-corrected chi connectivity index (χ2v) is 12.1. The third kappa shape index (κ3) is 12.9. The average molecular weight is 699 g/mol. The SMILES string of the molecule is CC(C)c1cccc(C(C)C)c1[N-]c1ccc2ccn(C(C)C)c2n1.[CH2-]c1ccccc1.[CH2-]c1ccccc1.[CH2-]c1ccccc1.[Zr+3]. The van der Waals surface area contributed by atoms with Gasteiger partial charge in [-0.05, 0) is 54.0 Å². The maximum atomic E-state index is 4.99. The molecule has 0 saturated heterocycles. The van der Waals surface area contributed by atoms with Crippen molar-refractivity contribution >= 4 is 22.5 Å². The molecule has 0 N–H and O–H groups in total. The Balaban J connectivity index is 0.000000280. The Morgan fingerprint density at radius 3 is 1.30 bits per heavy atom. The monoisotopic (exact) mass is 697 g/mol. The Hall–Kier alpha value is -4.14. The third-order valence-electron chi connectivity index (χ3n) is 7.20. The van der Waals surface area contributed by atoms with E-state index in [1.807, 2.05) is 97.1 Å². The smallest absolute Gasteiger partial charge is 0.436 e. The minimum Gasteiger partial charge on any atom is -0.436 e. The number of fused-ring (bicyclic) bond motifs is 1. The van der Waals surface area contributed by atoms with E-state index in [1.165, 1.54) is 11.1 Å². The first-order chi connectivity index (χ1) is 22.1. The van der Waals surface area contributed by atoms with Crippen molar-refractivity contribution in [2.24, 2.45) is 0 Å². The molecule has 47 heavy (non-hydrogen) atoms. The molecular weight excluding hydrogens is 650 g/mol. The van der Waals surface area contributed by atoms with Crippen LogP contribution in [0, 0.1) is 20.8 Å². The Labute approximate surface area is 303 Å². The molecule has 2 aromatic heterocycles. The first-order valence-corrected chi connectivity index (χ1v) is 16.0. The standard InChI is InChI=1S/C22H28N3.3C7H7.Zr/c1-14(2)18-8-7-9-19(15(3)4)21(18)23-20-11-10-17-12-13-25(16(5)6)22(17)24-20;3*1-7-5-3-2-4-6-7;/h7-16H,1-6H3;3*2-6H,1H2;/q4*-1;+3. The van der Waals surface area contributed by atoms with Crippen LogP contribution in [0.25, 0.3) is 16.4 Å². The Bertz CT molecular complexity index is 1590. The van der Waals surface area contributed by atoms with Crippen molar-refractivity contribution in [3.63, 3.8) is 0 Å². The van der Waals surface area contributed by atoms with E-state index in [0.29, 0.717) is 17.9 Å². The topological polar surface area (TPSA) is 31.9 Å². The van der Waals surface area contributed by atoms with Crippen LogP contribution >= 0.6 is 0 Å². The van der Waals surface area contributed by atoms with Crippen molar-refractivity contribution in [3.8, 4) is 0 Å². The van der Waals surface area contributed by atoms with Gasteiger partial charge in [0.25, 0.3) is 0 Å². The number of hydrogen-bond acceptors (Lipinski definition) is 1. The summed E-state index contributed by atoms with van der Waals surface area (Å²) in [6.07, 6.45) is 2.10. The van der Waals surface area contributed by atoms with Gasteiger partial charge >= 0.3 is 26.2 Å². The molecule has 6 rings (SSSR count). The second kappa shape index (κ2) is 20.2. The zero-order valence-electron chi connectivity index (χ0n) is 28.9. The quantitative estimate of drug-likeness (QED) is 0.165. The van der Waals surface area contributed by atoms with Crippen LogP contribution in [0.5, 0.6) is 0 Å². The van der Waals surface area contributed by atoms with Crippen LogP contribution in [0.3, 0.4) is 0 Å². The molecule has 241 valence electrons. The molecule has 4 aromatic carbocycles. The van der Waals surface area contributed by atoms with Crippen LogP contribution in [0.15, 0.2) is 134 Å². The fourth-order valence-electron chi connectivity index (χ4n) is 4.69. The molecule has 0 atom stereocenters. The van der Waals surface area contributed by atoms with Crippen LogP contribution in [0.1, 0.15) is 87.2 Å². The maximum Gasteiger partial charge on any atom is 3.00 e. The van der Waals surface area contributed by atoms with Crippen LogP contribution in [0.4, 0.5) is 11.5 Å². The molecule has 2 heterocycles. The van der Waals surface area contributed by atoms with E-state index in [1.54, 1.807) is 0 Å². The number of rotatable bonds is 5. The van der Waals surface area contributed by atoms with Crippen LogP contribution in [0.2, 0.25) is 0 Å². The summed E-state index contributed by atoms with van der Waals surface area (Å²) in [5.74, 6) is 1.64. The van der Waals surface area contributed by atoms with E-state index in [0.717, 1.165) is 39.2 Å². The van der Waals surface area contributed by atoms with Gasteiger partial charge in [0.1, 0.15) is 0 Å². The van der Waals surface area contributed by atoms with Crippen molar-refractivity contribution in [1.29, 1.82) is 0 Å². The Kier molecular flexibility index (Phi) is 16.8. The van der Waals surface area contributed by atoms with E-state index in [-0.39, 0.29) is 26.2 Å². The van der Waals surface area contributed by atoms with Gasteiger partial charge < -0.3 is 14.9 Å². The Morgan fingerprint density at radius 1 is 0.532 bits per heavy atom. The first-order valence-electron chi connectivity index (χ1n) is 16.0. The second-order valence-electron chi connectivity index (χ2n) is 12.1. The van der Waals surface area contributed by atoms with Gasteiger partial charge in [0.05, 0.1) is 0 Å². The molecule has 0 aliphatic rings. The summed E-state index contributed by atoms with van der Waals surface area (Å²) in [4.78, 5) is 4.85. The van der Waals surface area contributed by atoms with E-state index < -0.39 is 0 Å². The summed E-state index contributed by atoms with van der Waals surface area (Å²) in [7, 11) is 0. The fraction of sp³-hybridized carbons (Fsp3) is 0.209.